The van der Waals surface area contributed by atoms with Gasteiger partial charge in [0.05, 0.1) is 11.6 Å². The number of halogens is 3. The Morgan fingerprint density at radius 2 is 1.79 bits per heavy atom. The van der Waals surface area contributed by atoms with Crippen molar-refractivity contribution in [2.24, 2.45) is 0 Å². The molecule has 0 radical (unpaired) electrons. The van der Waals surface area contributed by atoms with Gasteiger partial charge in [-0.15, -0.1) is 0 Å². The molecule has 0 aliphatic rings. The number of methoxy groups -OCH3 is 1. The highest BCUT2D eigenvalue weighted by atomic mass is 79.9. The van der Waals surface area contributed by atoms with E-state index in [-0.39, 0.29) is 0 Å². The second-order valence-electron chi connectivity index (χ2n) is 3.93. The Morgan fingerprint density at radius 3 is 2.32 bits per heavy atom. The predicted octanol–water partition coefficient (Wildman–Crippen LogP) is 4.85. The Hall–Kier alpha value is -0.740. The summed E-state index contributed by atoms with van der Waals surface area (Å²) in [6.07, 6.45) is -0.886. The Bertz CT molecular complexity index is 582. The molecule has 2 nitrogen and oxygen atoms in total. The molecule has 0 bridgehead atoms. The zero-order valence-corrected chi connectivity index (χ0v) is 13.1. The van der Waals surface area contributed by atoms with E-state index in [2.05, 4.69) is 15.9 Å². The second-order valence-corrected chi connectivity index (χ2v) is 5.60. The van der Waals surface area contributed by atoms with Gasteiger partial charge in [-0.05, 0) is 45.8 Å². The molecular formula is C14H11BrCl2O2. The largest absolute Gasteiger partial charge is 0.496 e. The highest BCUT2D eigenvalue weighted by Gasteiger charge is 2.18. The number of benzene rings is 2. The summed E-state index contributed by atoms with van der Waals surface area (Å²) in [4.78, 5) is 0. The third kappa shape index (κ3) is 3.06. The Kier molecular flexibility index (Phi) is 4.74. The van der Waals surface area contributed by atoms with Crippen LogP contribution in [0.25, 0.3) is 0 Å². The Labute approximate surface area is 130 Å². The fourth-order valence-corrected chi connectivity index (χ4v) is 2.95. The highest BCUT2D eigenvalue weighted by molar-refractivity contribution is 9.10. The van der Waals surface area contributed by atoms with Crippen molar-refractivity contribution in [3.05, 3.63) is 62.0 Å². The molecule has 0 spiro atoms. The number of rotatable bonds is 3. The maximum absolute atomic E-state index is 10.4. The number of hydrogen-bond donors (Lipinski definition) is 1. The van der Waals surface area contributed by atoms with Crippen molar-refractivity contribution >= 4 is 39.1 Å². The van der Waals surface area contributed by atoms with Crippen LogP contribution in [0.15, 0.2) is 40.9 Å². The van der Waals surface area contributed by atoms with Crippen molar-refractivity contribution < 1.29 is 9.84 Å². The van der Waals surface area contributed by atoms with Gasteiger partial charge in [0.2, 0.25) is 0 Å². The lowest BCUT2D eigenvalue weighted by molar-refractivity contribution is 0.220. The van der Waals surface area contributed by atoms with Gasteiger partial charge in [0.15, 0.2) is 0 Å². The summed E-state index contributed by atoms with van der Waals surface area (Å²) in [5.41, 5.74) is 1.19. The molecular weight excluding hydrogens is 351 g/mol. The minimum atomic E-state index is -0.886. The summed E-state index contributed by atoms with van der Waals surface area (Å²) in [7, 11) is 1.58. The maximum Gasteiger partial charge on any atom is 0.133 e. The summed E-state index contributed by atoms with van der Waals surface area (Å²) in [5, 5.41) is 11.3. The minimum absolute atomic E-state index is 0.437. The van der Waals surface area contributed by atoms with Gasteiger partial charge in [-0.1, -0.05) is 35.3 Å². The lowest BCUT2D eigenvalue weighted by Gasteiger charge is -2.16. The Morgan fingerprint density at radius 1 is 1.16 bits per heavy atom. The van der Waals surface area contributed by atoms with Gasteiger partial charge in [-0.25, -0.2) is 0 Å². The molecule has 1 atom stereocenters. The summed E-state index contributed by atoms with van der Waals surface area (Å²) in [5.74, 6) is 0.696. The van der Waals surface area contributed by atoms with Gasteiger partial charge in [0, 0.05) is 15.6 Å². The Balaban J connectivity index is 2.44. The molecule has 5 heteroatoms. The molecule has 0 saturated heterocycles. The monoisotopic (exact) mass is 360 g/mol. The summed E-state index contributed by atoms with van der Waals surface area (Å²) in [6, 6.07) is 10.5. The summed E-state index contributed by atoms with van der Waals surface area (Å²) in [6.45, 7) is 0. The first kappa shape index (κ1) is 14.7. The molecule has 0 fully saturated rings. The molecule has 0 heterocycles. The van der Waals surface area contributed by atoms with Crippen LogP contribution in [-0.4, -0.2) is 12.2 Å². The fraction of sp³-hybridized carbons (Fsp3) is 0.143. The molecule has 100 valence electrons. The maximum atomic E-state index is 10.4. The normalized spacial score (nSPS) is 12.3. The van der Waals surface area contributed by atoms with E-state index in [1.54, 1.807) is 43.5 Å². The number of hydrogen-bond acceptors (Lipinski definition) is 2. The zero-order valence-electron chi connectivity index (χ0n) is 10.0. The molecule has 0 aromatic heterocycles. The van der Waals surface area contributed by atoms with Gasteiger partial charge in [-0.2, -0.15) is 0 Å². The van der Waals surface area contributed by atoms with Crippen molar-refractivity contribution in [3.8, 4) is 5.75 Å². The third-order valence-electron chi connectivity index (χ3n) is 2.76. The average molecular weight is 362 g/mol. The van der Waals surface area contributed by atoms with Crippen LogP contribution in [-0.2, 0) is 0 Å². The fourth-order valence-electron chi connectivity index (χ4n) is 1.79. The molecule has 2 aromatic rings. The molecule has 1 unspecified atom stereocenters. The van der Waals surface area contributed by atoms with Crippen LogP contribution in [0.2, 0.25) is 10.0 Å². The van der Waals surface area contributed by atoms with Crippen LogP contribution in [0.1, 0.15) is 17.2 Å². The van der Waals surface area contributed by atoms with Gasteiger partial charge < -0.3 is 9.84 Å². The van der Waals surface area contributed by atoms with Crippen molar-refractivity contribution in [1.29, 1.82) is 0 Å². The predicted molar refractivity (Wildman–Crippen MR) is 81.2 cm³/mol. The smallest absolute Gasteiger partial charge is 0.133 e. The van der Waals surface area contributed by atoms with Gasteiger partial charge in [-0.3, -0.25) is 0 Å². The van der Waals surface area contributed by atoms with E-state index in [0.717, 1.165) is 4.47 Å². The van der Waals surface area contributed by atoms with Crippen molar-refractivity contribution in [3.63, 3.8) is 0 Å². The van der Waals surface area contributed by atoms with Crippen LogP contribution in [0.5, 0.6) is 5.75 Å². The van der Waals surface area contributed by atoms with E-state index < -0.39 is 6.10 Å². The molecule has 0 amide bonds. The number of aliphatic hydroxyl groups excluding tert-OH is 1. The quantitative estimate of drug-likeness (QED) is 0.846. The van der Waals surface area contributed by atoms with Gasteiger partial charge >= 0.3 is 0 Å². The molecule has 2 rings (SSSR count). The highest BCUT2D eigenvalue weighted by Crippen LogP contribution is 2.36. The SMILES string of the molecule is COc1ccc(C(O)c2c(Cl)cccc2Cl)cc1Br. The van der Waals surface area contributed by atoms with E-state index in [1.807, 2.05) is 0 Å². The minimum Gasteiger partial charge on any atom is -0.496 e. The van der Waals surface area contributed by atoms with Crippen LogP contribution < -0.4 is 4.74 Å². The molecule has 0 aliphatic heterocycles. The van der Waals surface area contributed by atoms with E-state index >= 15 is 0 Å². The lowest BCUT2D eigenvalue weighted by Crippen LogP contribution is -2.02. The first-order valence-electron chi connectivity index (χ1n) is 5.50. The van der Waals surface area contributed by atoms with Gasteiger partial charge in [0.1, 0.15) is 11.9 Å². The van der Waals surface area contributed by atoms with Crippen LogP contribution in [0, 0.1) is 0 Å². The van der Waals surface area contributed by atoms with Crippen molar-refractivity contribution in [1.82, 2.24) is 0 Å². The van der Waals surface area contributed by atoms with E-state index in [1.165, 1.54) is 0 Å². The topological polar surface area (TPSA) is 29.5 Å². The number of aliphatic hydroxyl groups is 1. The zero-order chi connectivity index (χ0) is 14.0. The third-order valence-corrected chi connectivity index (χ3v) is 4.04. The number of ether oxygens (including phenoxy) is 1. The van der Waals surface area contributed by atoms with E-state index in [0.29, 0.717) is 26.9 Å². The standard InChI is InChI=1S/C14H11BrCl2O2/c1-19-12-6-5-8(7-9(12)15)14(18)13-10(16)3-2-4-11(13)17/h2-7,14,18H,1H3. The van der Waals surface area contributed by atoms with Crippen LogP contribution >= 0.6 is 39.1 Å². The molecule has 1 N–H and O–H groups in total. The molecule has 19 heavy (non-hydrogen) atoms. The second kappa shape index (κ2) is 6.14. The van der Waals surface area contributed by atoms with Crippen LogP contribution in [0.3, 0.4) is 0 Å². The van der Waals surface area contributed by atoms with Crippen molar-refractivity contribution in [2.45, 2.75) is 6.10 Å². The van der Waals surface area contributed by atoms with Crippen LogP contribution in [0.4, 0.5) is 0 Å². The summed E-state index contributed by atoms with van der Waals surface area (Å²) >= 11 is 15.6. The van der Waals surface area contributed by atoms with Gasteiger partial charge in [0.25, 0.3) is 0 Å². The molecule has 0 saturated carbocycles. The van der Waals surface area contributed by atoms with E-state index in [4.69, 9.17) is 27.9 Å². The first-order valence-corrected chi connectivity index (χ1v) is 7.05. The lowest BCUT2D eigenvalue weighted by atomic mass is 10.0. The average Bonchev–Trinajstić information content (AvgIpc) is 2.38. The first-order chi connectivity index (χ1) is 9.04. The molecule has 2 aromatic carbocycles. The van der Waals surface area contributed by atoms with E-state index in [9.17, 15) is 5.11 Å². The molecule has 0 aliphatic carbocycles. The van der Waals surface area contributed by atoms with Crippen molar-refractivity contribution in [2.75, 3.05) is 7.11 Å². The summed E-state index contributed by atoms with van der Waals surface area (Å²) < 4.78 is 5.91.